The van der Waals surface area contributed by atoms with Gasteiger partial charge in [-0.05, 0) is 38.5 Å². The fraction of sp³-hybridized carbons (Fsp3) is 0.533. The molecule has 2 N–H and O–H groups in total. The van der Waals surface area contributed by atoms with Crippen LogP contribution in [0.1, 0.15) is 30.6 Å². The van der Waals surface area contributed by atoms with E-state index in [1.165, 1.54) is 0 Å². The van der Waals surface area contributed by atoms with Gasteiger partial charge in [-0.25, -0.2) is 4.79 Å². The van der Waals surface area contributed by atoms with Crippen LogP contribution in [0.25, 0.3) is 0 Å². The van der Waals surface area contributed by atoms with E-state index in [-0.39, 0.29) is 12.1 Å². The Bertz CT molecular complexity index is 490. The highest BCUT2D eigenvalue weighted by Gasteiger charge is 2.28. The summed E-state index contributed by atoms with van der Waals surface area (Å²) in [5.41, 5.74) is 7.67. The Hall–Kier alpha value is -1.75. The van der Waals surface area contributed by atoms with Gasteiger partial charge in [0.1, 0.15) is 0 Å². The number of rotatable bonds is 4. The molecule has 1 aromatic carbocycles. The first-order valence-electron chi connectivity index (χ1n) is 6.95. The molecule has 1 heterocycles. The standard InChI is InChI=1S/C15H22N2O3/c1-4-19-15(18)12-9-11(5-6-13(12)16)17(3)14-7-8-20-10(14)2/h5-6,9-10,14H,4,7-8,16H2,1-3H3. The minimum Gasteiger partial charge on any atom is -0.462 e. The summed E-state index contributed by atoms with van der Waals surface area (Å²) in [4.78, 5) is 14.0. The number of hydrogen-bond donors (Lipinski definition) is 1. The molecule has 2 atom stereocenters. The molecule has 1 saturated heterocycles. The average Bonchev–Trinajstić information content (AvgIpc) is 2.85. The van der Waals surface area contributed by atoms with E-state index in [0.29, 0.717) is 23.9 Å². The minimum absolute atomic E-state index is 0.184. The number of benzene rings is 1. The van der Waals surface area contributed by atoms with Crippen molar-refractivity contribution in [2.24, 2.45) is 0 Å². The molecule has 0 saturated carbocycles. The lowest BCUT2D eigenvalue weighted by molar-refractivity contribution is 0.0527. The van der Waals surface area contributed by atoms with Crippen LogP contribution in [0.4, 0.5) is 11.4 Å². The van der Waals surface area contributed by atoms with Gasteiger partial charge in [0.2, 0.25) is 0 Å². The van der Waals surface area contributed by atoms with E-state index in [1.807, 2.05) is 13.1 Å². The summed E-state index contributed by atoms with van der Waals surface area (Å²) in [6.07, 6.45) is 1.17. The molecule has 110 valence electrons. The summed E-state index contributed by atoms with van der Waals surface area (Å²) in [5.74, 6) is -0.379. The van der Waals surface area contributed by atoms with Crippen molar-refractivity contribution in [1.82, 2.24) is 0 Å². The van der Waals surface area contributed by atoms with Gasteiger partial charge in [-0.3, -0.25) is 0 Å². The Morgan fingerprint density at radius 2 is 2.30 bits per heavy atom. The topological polar surface area (TPSA) is 64.8 Å². The molecule has 5 heteroatoms. The summed E-state index contributed by atoms with van der Waals surface area (Å²) in [5, 5.41) is 0. The van der Waals surface area contributed by atoms with E-state index in [1.54, 1.807) is 19.1 Å². The molecule has 2 rings (SSSR count). The average molecular weight is 278 g/mol. The van der Waals surface area contributed by atoms with Gasteiger partial charge in [0, 0.05) is 25.0 Å². The molecule has 0 radical (unpaired) electrons. The number of likely N-dealkylation sites (N-methyl/N-ethyl adjacent to an activating group) is 1. The van der Waals surface area contributed by atoms with Crippen molar-refractivity contribution < 1.29 is 14.3 Å². The lowest BCUT2D eigenvalue weighted by Gasteiger charge is -2.29. The maximum absolute atomic E-state index is 11.9. The molecule has 1 aliphatic heterocycles. The van der Waals surface area contributed by atoms with Gasteiger partial charge >= 0.3 is 5.97 Å². The van der Waals surface area contributed by atoms with Gasteiger partial charge in [0.25, 0.3) is 0 Å². The van der Waals surface area contributed by atoms with E-state index in [4.69, 9.17) is 15.2 Å². The smallest absolute Gasteiger partial charge is 0.340 e. The number of nitrogen functional groups attached to an aromatic ring is 1. The number of esters is 1. The van der Waals surface area contributed by atoms with Crippen molar-refractivity contribution in [3.63, 3.8) is 0 Å². The van der Waals surface area contributed by atoms with E-state index in [2.05, 4.69) is 11.8 Å². The van der Waals surface area contributed by atoms with Crippen LogP contribution in [0.5, 0.6) is 0 Å². The maximum atomic E-state index is 11.9. The van der Waals surface area contributed by atoms with Crippen LogP contribution in [0, 0.1) is 0 Å². The molecule has 0 aromatic heterocycles. The Balaban J connectivity index is 2.24. The monoisotopic (exact) mass is 278 g/mol. The molecule has 0 bridgehead atoms. The summed E-state index contributed by atoms with van der Waals surface area (Å²) in [6, 6.07) is 5.77. The molecule has 1 aromatic rings. The van der Waals surface area contributed by atoms with E-state index in [9.17, 15) is 4.79 Å². The van der Waals surface area contributed by atoms with Crippen molar-refractivity contribution in [2.75, 3.05) is 30.9 Å². The molecule has 2 unspecified atom stereocenters. The fourth-order valence-electron chi connectivity index (χ4n) is 2.57. The molecule has 5 nitrogen and oxygen atoms in total. The number of carbonyl (C=O) groups excluding carboxylic acids is 1. The van der Waals surface area contributed by atoms with Gasteiger partial charge in [-0.1, -0.05) is 0 Å². The van der Waals surface area contributed by atoms with Crippen LogP contribution in [0.2, 0.25) is 0 Å². The van der Waals surface area contributed by atoms with Crippen molar-refractivity contribution in [3.05, 3.63) is 23.8 Å². The largest absolute Gasteiger partial charge is 0.462 e. The quantitative estimate of drug-likeness (QED) is 0.674. The van der Waals surface area contributed by atoms with Crippen molar-refractivity contribution in [1.29, 1.82) is 0 Å². The number of carbonyl (C=O) groups is 1. The highest BCUT2D eigenvalue weighted by molar-refractivity contribution is 5.96. The predicted octanol–water partition coefficient (Wildman–Crippen LogP) is 2.06. The van der Waals surface area contributed by atoms with Gasteiger partial charge in [-0.2, -0.15) is 0 Å². The second-order valence-electron chi connectivity index (χ2n) is 5.03. The Labute approximate surface area is 119 Å². The number of ether oxygens (including phenoxy) is 2. The van der Waals surface area contributed by atoms with Crippen LogP contribution in [-0.4, -0.2) is 38.4 Å². The minimum atomic E-state index is -0.379. The third kappa shape index (κ3) is 2.88. The molecular weight excluding hydrogens is 256 g/mol. The maximum Gasteiger partial charge on any atom is 0.340 e. The third-order valence-electron chi connectivity index (χ3n) is 3.77. The first kappa shape index (κ1) is 14.7. The number of hydrogen-bond acceptors (Lipinski definition) is 5. The highest BCUT2D eigenvalue weighted by atomic mass is 16.5. The third-order valence-corrected chi connectivity index (χ3v) is 3.77. The number of anilines is 2. The van der Waals surface area contributed by atoms with Crippen molar-refractivity contribution in [2.45, 2.75) is 32.4 Å². The van der Waals surface area contributed by atoms with E-state index >= 15 is 0 Å². The van der Waals surface area contributed by atoms with Gasteiger partial charge < -0.3 is 20.1 Å². The number of nitrogens with two attached hydrogens (primary N) is 1. The molecule has 1 aliphatic rings. The van der Waals surface area contributed by atoms with Crippen LogP contribution >= 0.6 is 0 Å². The fourth-order valence-corrected chi connectivity index (χ4v) is 2.57. The Morgan fingerprint density at radius 1 is 1.55 bits per heavy atom. The molecule has 0 aliphatic carbocycles. The SMILES string of the molecule is CCOC(=O)c1cc(N(C)C2CCOC2C)ccc1N. The normalized spacial score (nSPS) is 21.8. The first-order valence-corrected chi connectivity index (χ1v) is 6.95. The predicted molar refractivity (Wildman–Crippen MR) is 79.0 cm³/mol. The van der Waals surface area contributed by atoms with Crippen LogP contribution in [-0.2, 0) is 9.47 Å². The summed E-state index contributed by atoms with van der Waals surface area (Å²) in [6.45, 7) is 4.96. The van der Waals surface area contributed by atoms with Gasteiger partial charge in [0.15, 0.2) is 0 Å². The summed E-state index contributed by atoms with van der Waals surface area (Å²) < 4.78 is 10.6. The van der Waals surface area contributed by atoms with Crippen molar-refractivity contribution >= 4 is 17.3 Å². The zero-order valence-electron chi connectivity index (χ0n) is 12.3. The van der Waals surface area contributed by atoms with E-state index in [0.717, 1.165) is 18.7 Å². The van der Waals surface area contributed by atoms with Crippen molar-refractivity contribution in [3.8, 4) is 0 Å². The Morgan fingerprint density at radius 3 is 2.90 bits per heavy atom. The zero-order valence-corrected chi connectivity index (χ0v) is 12.3. The lowest BCUT2D eigenvalue weighted by Crippen LogP contribution is -2.36. The lowest BCUT2D eigenvalue weighted by atomic mass is 10.1. The molecule has 20 heavy (non-hydrogen) atoms. The zero-order chi connectivity index (χ0) is 14.7. The van der Waals surface area contributed by atoms with Gasteiger partial charge in [-0.15, -0.1) is 0 Å². The number of nitrogens with zero attached hydrogens (tertiary/aromatic N) is 1. The van der Waals surface area contributed by atoms with Crippen LogP contribution in [0.15, 0.2) is 18.2 Å². The molecule has 1 fully saturated rings. The molecule has 0 spiro atoms. The summed E-state index contributed by atoms with van der Waals surface area (Å²) in [7, 11) is 2.01. The second-order valence-corrected chi connectivity index (χ2v) is 5.03. The Kier molecular flexibility index (Phi) is 4.49. The summed E-state index contributed by atoms with van der Waals surface area (Å²) >= 11 is 0. The molecule has 0 amide bonds. The van der Waals surface area contributed by atoms with E-state index < -0.39 is 0 Å². The highest BCUT2D eigenvalue weighted by Crippen LogP contribution is 2.27. The first-order chi connectivity index (χ1) is 9.54. The second kappa shape index (κ2) is 6.13. The van der Waals surface area contributed by atoms with Crippen LogP contribution in [0.3, 0.4) is 0 Å². The van der Waals surface area contributed by atoms with Crippen LogP contribution < -0.4 is 10.6 Å². The van der Waals surface area contributed by atoms with Gasteiger partial charge in [0.05, 0.1) is 24.3 Å². The molecular formula is C15H22N2O3.